The lowest BCUT2D eigenvalue weighted by atomic mass is 10.1. The second-order valence-electron chi connectivity index (χ2n) is 7.11. The third-order valence-corrected chi connectivity index (χ3v) is 5.10. The Morgan fingerprint density at radius 1 is 0.727 bits per heavy atom. The van der Waals surface area contributed by atoms with Crippen molar-refractivity contribution in [1.29, 1.82) is 0 Å². The molecule has 0 radical (unpaired) electrons. The molecule has 33 heavy (non-hydrogen) atoms. The lowest BCUT2D eigenvalue weighted by Gasteiger charge is -2.14. The Kier molecular flexibility index (Phi) is 5.82. The second kappa shape index (κ2) is 8.88. The van der Waals surface area contributed by atoms with Crippen molar-refractivity contribution < 1.29 is 33.4 Å². The quantitative estimate of drug-likeness (QED) is 0.327. The largest absolute Gasteiger partial charge is 0.465 e. The van der Waals surface area contributed by atoms with Gasteiger partial charge in [-0.3, -0.25) is 14.4 Å². The van der Waals surface area contributed by atoms with Crippen LogP contribution in [-0.4, -0.2) is 43.3 Å². The molecule has 0 bridgehead atoms. The SMILES string of the molecule is COC(=O)c1ccc2c(c1)C(=O)N(c1ccc(C(=O)OCC(=O)c3ccccc3)cc1)C2=O. The molecule has 3 aromatic rings. The van der Waals surface area contributed by atoms with E-state index in [0.717, 1.165) is 4.90 Å². The molecule has 0 spiro atoms. The molecule has 0 atom stereocenters. The fraction of sp³-hybridized carbons (Fsp3) is 0.0800. The Bertz CT molecular complexity index is 1280. The van der Waals surface area contributed by atoms with Crippen LogP contribution in [0.1, 0.15) is 51.8 Å². The van der Waals surface area contributed by atoms with E-state index >= 15 is 0 Å². The van der Waals surface area contributed by atoms with E-state index in [1.165, 1.54) is 49.6 Å². The van der Waals surface area contributed by atoms with Crippen molar-refractivity contribution in [3.05, 3.63) is 101 Å². The number of carbonyl (C=O) groups is 5. The summed E-state index contributed by atoms with van der Waals surface area (Å²) in [5.41, 5.74) is 1.24. The number of Topliss-reactive ketones (excluding diaryl/α,β-unsaturated/α-hetero) is 1. The van der Waals surface area contributed by atoms with Gasteiger partial charge in [-0.1, -0.05) is 30.3 Å². The number of nitrogens with zero attached hydrogens (tertiary/aromatic N) is 1. The van der Waals surface area contributed by atoms with Gasteiger partial charge in [0.25, 0.3) is 11.8 Å². The van der Waals surface area contributed by atoms with E-state index in [0.29, 0.717) is 5.56 Å². The molecule has 0 saturated carbocycles. The molecule has 1 aliphatic rings. The van der Waals surface area contributed by atoms with Gasteiger partial charge >= 0.3 is 11.9 Å². The summed E-state index contributed by atoms with van der Waals surface area (Å²) in [4.78, 5) is 62.6. The number of rotatable bonds is 6. The number of ketones is 1. The molecule has 8 nitrogen and oxygen atoms in total. The zero-order chi connectivity index (χ0) is 23.5. The van der Waals surface area contributed by atoms with Crippen molar-refractivity contribution in [3.63, 3.8) is 0 Å². The average Bonchev–Trinajstić information content (AvgIpc) is 3.11. The van der Waals surface area contributed by atoms with Crippen molar-refractivity contribution in [2.75, 3.05) is 18.6 Å². The zero-order valence-corrected chi connectivity index (χ0v) is 17.4. The maximum atomic E-state index is 12.8. The van der Waals surface area contributed by atoms with E-state index in [9.17, 15) is 24.0 Å². The zero-order valence-electron chi connectivity index (χ0n) is 17.4. The average molecular weight is 443 g/mol. The van der Waals surface area contributed by atoms with Crippen LogP contribution in [0.2, 0.25) is 0 Å². The first kappa shape index (κ1) is 21.6. The fourth-order valence-electron chi connectivity index (χ4n) is 3.39. The van der Waals surface area contributed by atoms with Crippen LogP contribution in [0.5, 0.6) is 0 Å². The van der Waals surface area contributed by atoms with E-state index < -0.39 is 30.4 Å². The topological polar surface area (TPSA) is 107 Å². The summed E-state index contributed by atoms with van der Waals surface area (Å²) in [5.74, 6) is -2.81. The summed E-state index contributed by atoms with van der Waals surface area (Å²) in [5, 5.41) is 0. The molecule has 1 aliphatic heterocycles. The number of hydrogen-bond acceptors (Lipinski definition) is 7. The molecule has 3 aromatic carbocycles. The third-order valence-electron chi connectivity index (χ3n) is 5.10. The maximum absolute atomic E-state index is 12.8. The van der Waals surface area contributed by atoms with Gasteiger partial charge in [0.15, 0.2) is 12.4 Å². The lowest BCUT2D eigenvalue weighted by molar-refractivity contribution is 0.0474. The molecule has 164 valence electrons. The summed E-state index contributed by atoms with van der Waals surface area (Å²) >= 11 is 0. The summed E-state index contributed by atoms with van der Waals surface area (Å²) in [6, 6.07) is 18.2. The van der Waals surface area contributed by atoms with Crippen LogP contribution in [0.4, 0.5) is 5.69 Å². The van der Waals surface area contributed by atoms with E-state index in [1.54, 1.807) is 30.3 Å². The molecule has 8 heteroatoms. The van der Waals surface area contributed by atoms with Gasteiger partial charge < -0.3 is 9.47 Å². The second-order valence-corrected chi connectivity index (χ2v) is 7.11. The molecule has 2 amide bonds. The molecule has 0 N–H and O–H groups in total. The molecule has 4 rings (SSSR count). The minimum atomic E-state index is -0.712. The van der Waals surface area contributed by atoms with Gasteiger partial charge in [0, 0.05) is 5.56 Å². The van der Waals surface area contributed by atoms with Crippen molar-refractivity contribution in [2.45, 2.75) is 0 Å². The number of imide groups is 1. The van der Waals surface area contributed by atoms with Gasteiger partial charge in [-0.05, 0) is 42.5 Å². The fourth-order valence-corrected chi connectivity index (χ4v) is 3.39. The van der Waals surface area contributed by atoms with Crippen molar-refractivity contribution >= 4 is 35.2 Å². The summed E-state index contributed by atoms with van der Waals surface area (Å²) in [6.45, 7) is -0.411. The first-order valence-electron chi connectivity index (χ1n) is 9.87. The number of amides is 2. The molecule has 0 unspecified atom stereocenters. The smallest absolute Gasteiger partial charge is 0.338 e. The molecule has 0 saturated heterocycles. The standard InChI is InChI=1S/C25H17NO7/c1-32-24(30)17-9-12-19-20(13-17)23(29)26(22(19)28)18-10-7-16(8-11-18)25(31)33-14-21(27)15-5-3-2-4-6-15/h2-13H,14H2,1H3. The molecular formula is C25H17NO7. The van der Waals surface area contributed by atoms with Crippen LogP contribution in [0.3, 0.4) is 0 Å². The Labute approximate surface area is 188 Å². The van der Waals surface area contributed by atoms with Gasteiger partial charge in [0.1, 0.15) is 0 Å². The van der Waals surface area contributed by atoms with Crippen LogP contribution in [0.25, 0.3) is 0 Å². The van der Waals surface area contributed by atoms with Gasteiger partial charge in [-0.25, -0.2) is 14.5 Å². The number of ether oxygens (including phenoxy) is 2. The maximum Gasteiger partial charge on any atom is 0.338 e. The van der Waals surface area contributed by atoms with Crippen molar-refractivity contribution in [3.8, 4) is 0 Å². The van der Waals surface area contributed by atoms with E-state index in [2.05, 4.69) is 4.74 Å². The number of carbonyl (C=O) groups excluding carboxylic acids is 5. The number of methoxy groups -OCH3 is 1. The predicted molar refractivity (Wildman–Crippen MR) is 116 cm³/mol. The first-order chi connectivity index (χ1) is 15.9. The van der Waals surface area contributed by atoms with E-state index in [-0.39, 0.29) is 33.7 Å². The minimum Gasteiger partial charge on any atom is -0.465 e. The molecule has 0 aliphatic carbocycles. The highest BCUT2D eigenvalue weighted by Crippen LogP contribution is 2.29. The summed E-state index contributed by atoms with van der Waals surface area (Å²) < 4.78 is 9.72. The molecule has 0 aromatic heterocycles. The molecular weight excluding hydrogens is 426 g/mol. The van der Waals surface area contributed by atoms with E-state index in [1.807, 2.05) is 0 Å². The van der Waals surface area contributed by atoms with E-state index in [4.69, 9.17) is 4.74 Å². The van der Waals surface area contributed by atoms with Gasteiger partial charge in [-0.15, -0.1) is 0 Å². The van der Waals surface area contributed by atoms with Gasteiger partial charge in [0.05, 0.1) is 35.1 Å². The number of benzene rings is 3. The Morgan fingerprint density at radius 3 is 2.03 bits per heavy atom. The lowest BCUT2D eigenvalue weighted by Crippen LogP contribution is -2.29. The number of anilines is 1. The van der Waals surface area contributed by atoms with Crippen LogP contribution in [0, 0.1) is 0 Å². The molecule has 1 heterocycles. The van der Waals surface area contributed by atoms with Crippen molar-refractivity contribution in [2.24, 2.45) is 0 Å². The minimum absolute atomic E-state index is 0.0887. The highest BCUT2D eigenvalue weighted by atomic mass is 16.5. The van der Waals surface area contributed by atoms with Crippen molar-refractivity contribution in [1.82, 2.24) is 0 Å². The van der Waals surface area contributed by atoms with Crippen LogP contribution in [-0.2, 0) is 9.47 Å². The first-order valence-corrected chi connectivity index (χ1v) is 9.87. The van der Waals surface area contributed by atoms with Crippen LogP contribution in [0.15, 0.2) is 72.8 Å². The number of esters is 2. The Balaban J connectivity index is 1.47. The Hall–Kier alpha value is -4.59. The summed E-state index contributed by atoms with van der Waals surface area (Å²) in [7, 11) is 1.22. The Morgan fingerprint density at radius 2 is 1.36 bits per heavy atom. The van der Waals surface area contributed by atoms with Crippen LogP contribution >= 0.6 is 0 Å². The van der Waals surface area contributed by atoms with Crippen LogP contribution < -0.4 is 4.90 Å². The third kappa shape index (κ3) is 4.14. The number of fused-ring (bicyclic) bond motifs is 1. The normalized spacial score (nSPS) is 12.3. The van der Waals surface area contributed by atoms with Gasteiger partial charge in [-0.2, -0.15) is 0 Å². The highest BCUT2D eigenvalue weighted by Gasteiger charge is 2.37. The van der Waals surface area contributed by atoms with Gasteiger partial charge in [0.2, 0.25) is 0 Å². The highest BCUT2D eigenvalue weighted by molar-refractivity contribution is 6.34. The number of hydrogen-bond donors (Lipinski definition) is 0. The predicted octanol–water partition coefficient (Wildman–Crippen LogP) is 3.31. The molecule has 0 fully saturated rings. The summed E-state index contributed by atoms with van der Waals surface area (Å²) in [6.07, 6.45) is 0. The monoisotopic (exact) mass is 443 g/mol.